The summed E-state index contributed by atoms with van der Waals surface area (Å²) >= 11 is 1.97. The monoisotopic (exact) mass is 302 g/mol. The van der Waals surface area contributed by atoms with Crippen molar-refractivity contribution >= 4 is 21.4 Å². The SMILES string of the molecule is CC(C)(C)CCCCCCCCc1cc2ccccc2s1. The van der Waals surface area contributed by atoms with Crippen LogP contribution in [0.2, 0.25) is 0 Å². The molecule has 116 valence electrons. The number of hydrogen-bond acceptors (Lipinski definition) is 1. The first-order valence-electron chi connectivity index (χ1n) is 8.52. The third-order valence-corrected chi connectivity index (χ3v) is 5.25. The zero-order valence-electron chi connectivity index (χ0n) is 14.0. The van der Waals surface area contributed by atoms with E-state index in [0.717, 1.165) is 0 Å². The molecule has 0 atom stereocenters. The number of hydrogen-bond donors (Lipinski definition) is 0. The Bertz CT molecular complexity index is 497. The molecular weight excluding hydrogens is 272 g/mol. The fraction of sp³-hybridized carbons (Fsp3) is 0.600. The van der Waals surface area contributed by atoms with Crippen LogP contribution in [0, 0.1) is 5.41 Å². The van der Waals surface area contributed by atoms with Gasteiger partial charge in [0.15, 0.2) is 0 Å². The second kappa shape index (κ2) is 7.98. The highest BCUT2D eigenvalue weighted by molar-refractivity contribution is 7.19. The van der Waals surface area contributed by atoms with Crippen molar-refractivity contribution in [1.82, 2.24) is 0 Å². The van der Waals surface area contributed by atoms with Gasteiger partial charge in [-0.05, 0) is 42.2 Å². The van der Waals surface area contributed by atoms with Gasteiger partial charge in [0.25, 0.3) is 0 Å². The summed E-state index contributed by atoms with van der Waals surface area (Å²) in [5.74, 6) is 0. The van der Waals surface area contributed by atoms with Crippen molar-refractivity contribution in [3.8, 4) is 0 Å². The molecule has 1 aromatic carbocycles. The smallest absolute Gasteiger partial charge is 0.0345 e. The summed E-state index contributed by atoms with van der Waals surface area (Å²) in [6.45, 7) is 7.04. The molecule has 0 bridgehead atoms. The van der Waals surface area contributed by atoms with E-state index in [1.807, 2.05) is 11.3 Å². The van der Waals surface area contributed by atoms with Crippen LogP contribution in [0.15, 0.2) is 30.3 Å². The maximum atomic E-state index is 2.38. The van der Waals surface area contributed by atoms with Crippen molar-refractivity contribution in [1.29, 1.82) is 0 Å². The van der Waals surface area contributed by atoms with Gasteiger partial charge in [0, 0.05) is 9.58 Å². The first-order chi connectivity index (χ1) is 10.0. The van der Waals surface area contributed by atoms with Gasteiger partial charge in [0.2, 0.25) is 0 Å². The molecule has 2 aromatic rings. The minimum atomic E-state index is 0.515. The standard InChI is InChI=1S/C20H30S/c1-20(2,3)15-11-7-5-4-6-8-13-18-16-17-12-9-10-14-19(17)21-18/h9-10,12,14,16H,4-8,11,13,15H2,1-3H3. The van der Waals surface area contributed by atoms with Crippen molar-refractivity contribution in [2.24, 2.45) is 5.41 Å². The molecule has 1 aromatic heterocycles. The van der Waals surface area contributed by atoms with Gasteiger partial charge in [0.1, 0.15) is 0 Å². The molecule has 1 heterocycles. The third-order valence-electron chi connectivity index (χ3n) is 4.08. The number of thiophene rings is 1. The van der Waals surface area contributed by atoms with Gasteiger partial charge in [-0.1, -0.05) is 71.1 Å². The molecule has 0 amide bonds. The third kappa shape index (κ3) is 6.22. The molecule has 0 aliphatic carbocycles. The average Bonchev–Trinajstić information content (AvgIpc) is 2.83. The van der Waals surface area contributed by atoms with Gasteiger partial charge in [0.05, 0.1) is 0 Å². The molecule has 0 N–H and O–H groups in total. The summed E-state index contributed by atoms with van der Waals surface area (Å²) in [4.78, 5) is 1.56. The molecule has 2 rings (SSSR count). The van der Waals surface area contributed by atoms with Gasteiger partial charge in [-0.2, -0.15) is 0 Å². The first-order valence-corrected chi connectivity index (χ1v) is 9.34. The highest BCUT2D eigenvalue weighted by atomic mass is 32.1. The Labute approximate surface area is 134 Å². The highest BCUT2D eigenvalue weighted by Gasteiger charge is 2.08. The Balaban J connectivity index is 1.56. The van der Waals surface area contributed by atoms with E-state index in [2.05, 4.69) is 51.1 Å². The summed E-state index contributed by atoms with van der Waals surface area (Å²) in [5, 5.41) is 1.42. The topological polar surface area (TPSA) is 0 Å². The Morgan fingerprint density at radius 2 is 1.52 bits per heavy atom. The molecule has 0 aliphatic heterocycles. The van der Waals surface area contributed by atoms with Crippen LogP contribution in [0.3, 0.4) is 0 Å². The van der Waals surface area contributed by atoms with Crippen molar-refractivity contribution in [2.45, 2.75) is 72.1 Å². The molecule has 0 saturated carbocycles. The molecule has 0 radical (unpaired) electrons. The molecule has 1 heteroatoms. The van der Waals surface area contributed by atoms with Crippen LogP contribution in [0.1, 0.15) is 70.6 Å². The molecule has 0 fully saturated rings. The highest BCUT2D eigenvalue weighted by Crippen LogP contribution is 2.27. The largest absolute Gasteiger partial charge is 0.140 e. The van der Waals surface area contributed by atoms with E-state index in [1.165, 1.54) is 61.5 Å². The average molecular weight is 303 g/mol. The number of benzene rings is 1. The number of unbranched alkanes of at least 4 members (excludes halogenated alkanes) is 5. The van der Waals surface area contributed by atoms with Crippen LogP contribution < -0.4 is 0 Å². The lowest BCUT2D eigenvalue weighted by Crippen LogP contribution is -2.03. The van der Waals surface area contributed by atoms with E-state index in [-0.39, 0.29) is 0 Å². The van der Waals surface area contributed by atoms with Crippen LogP contribution >= 0.6 is 11.3 Å². The Hall–Kier alpha value is -0.820. The number of fused-ring (bicyclic) bond motifs is 1. The Morgan fingerprint density at radius 3 is 2.24 bits per heavy atom. The van der Waals surface area contributed by atoms with Gasteiger partial charge in [-0.3, -0.25) is 0 Å². The zero-order valence-corrected chi connectivity index (χ0v) is 14.8. The van der Waals surface area contributed by atoms with E-state index in [4.69, 9.17) is 0 Å². The minimum absolute atomic E-state index is 0.515. The molecule has 0 saturated heterocycles. The van der Waals surface area contributed by atoms with Gasteiger partial charge < -0.3 is 0 Å². The van der Waals surface area contributed by atoms with Gasteiger partial charge in [-0.25, -0.2) is 0 Å². The summed E-state index contributed by atoms with van der Waals surface area (Å²) in [5.41, 5.74) is 0.515. The maximum absolute atomic E-state index is 2.38. The van der Waals surface area contributed by atoms with Crippen LogP contribution in [0.5, 0.6) is 0 Å². The summed E-state index contributed by atoms with van der Waals surface area (Å²) in [7, 11) is 0. The predicted octanol–water partition coefficient (Wildman–Crippen LogP) is 7.22. The van der Waals surface area contributed by atoms with E-state index < -0.39 is 0 Å². The van der Waals surface area contributed by atoms with Crippen molar-refractivity contribution in [2.75, 3.05) is 0 Å². The van der Waals surface area contributed by atoms with E-state index in [0.29, 0.717) is 5.41 Å². The maximum Gasteiger partial charge on any atom is 0.0345 e. The fourth-order valence-corrected chi connectivity index (χ4v) is 3.93. The van der Waals surface area contributed by atoms with Crippen LogP contribution in [-0.4, -0.2) is 0 Å². The minimum Gasteiger partial charge on any atom is -0.140 e. The lowest BCUT2D eigenvalue weighted by Gasteiger charge is -2.17. The zero-order chi connectivity index (χ0) is 15.1. The van der Waals surface area contributed by atoms with E-state index >= 15 is 0 Å². The fourth-order valence-electron chi connectivity index (χ4n) is 2.82. The van der Waals surface area contributed by atoms with E-state index in [1.54, 1.807) is 4.88 Å². The van der Waals surface area contributed by atoms with E-state index in [9.17, 15) is 0 Å². The Kier molecular flexibility index (Phi) is 6.29. The van der Waals surface area contributed by atoms with Crippen LogP contribution in [0.25, 0.3) is 10.1 Å². The molecule has 0 aliphatic rings. The Morgan fingerprint density at radius 1 is 0.857 bits per heavy atom. The molecule has 0 unspecified atom stereocenters. The van der Waals surface area contributed by atoms with Gasteiger partial charge in [-0.15, -0.1) is 11.3 Å². The van der Waals surface area contributed by atoms with Crippen molar-refractivity contribution < 1.29 is 0 Å². The summed E-state index contributed by atoms with van der Waals surface area (Å²) in [6.07, 6.45) is 11.0. The molecule has 21 heavy (non-hydrogen) atoms. The lowest BCUT2D eigenvalue weighted by molar-refractivity contribution is 0.356. The van der Waals surface area contributed by atoms with Crippen molar-refractivity contribution in [3.05, 3.63) is 35.2 Å². The van der Waals surface area contributed by atoms with Crippen LogP contribution in [-0.2, 0) is 6.42 Å². The number of aryl methyl sites for hydroxylation is 1. The van der Waals surface area contributed by atoms with Crippen molar-refractivity contribution in [3.63, 3.8) is 0 Å². The van der Waals surface area contributed by atoms with Crippen LogP contribution in [0.4, 0.5) is 0 Å². The second-order valence-corrected chi connectivity index (χ2v) is 8.60. The predicted molar refractivity (Wildman–Crippen MR) is 97.3 cm³/mol. The molecule has 0 nitrogen and oxygen atoms in total. The molecular formula is C20H30S. The summed E-state index contributed by atoms with van der Waals surface area (Å²) in [6, 6.07) is 11.1. The first kappa shape index (κ1) is 16.5. The van der Waals surface area contributed by atoms with Gasteiger partial charge >= 0.3 is 0 Å². The number of rotatable bonds is 8. The normalized spacial score (nSPS) is 12.1. The lowest BCUT2D eigenvalue weighted by atomic mass is 9.89. The molecule has 0 spiro atoms. The quantitative estimate of drug-likeness (QED) is 0.451. The second-order valence-electron chi connectivity index (χ2n) is 7.43. The summed E-state index contributed by atoms with van der Waals surface area (Å²) < 4.78 is 1.44.